The predicted octanol–water partition coefficient (Wildman–Crippen LogP) is 0.582. The molecular weight excluding hydrogens is 490 g/mol. The van der Waals surface area contributed by atoms with Gasteiger partial charge in [0.1, 0.15) is 35.0 Å². The van der Waals surface area contributed by atoms with Gasteiger partial charge in [-0.3, -0.25) is 14.5 Å². The Bertz CT molecular complexity index is 1130. The summed E-state index contributed by atoms with van der Waals surface area (Å²) < 4.78 is 0. The van der Waals surface area contributed by atoms with Crippen molar-refractivity contribution in [2.24, 2.45) is 21.3 Å². The Kier molecular flexibility index (Phi) is 6.71. The van der Waals surface area contributed by atoms with Gasteiger partial charge in [-0.15, -0.1) is 40.0 Å². The molecule has 33 heavy (non-hydrogen) atoms. The van der Waals surface area contributed by atoms with Crippen molar-refractivity contribution in [2.45, 2.75) is 18.3 Å². The zero-order chi connectivity index (χ0) is 23.7. The van der Waals surface area contributed by atoms with E-state index in [0.29, 0.717) is 17.1 Å². The highest BCUT2D eigenvalue weighted by molar-refractivity contribution is 8.14. The van der Waals surface area contributed by atoms with Gasteiger partial charge >= 0.3 is 5.97 Å². The number of nitrogens with zero attached hydrogens (tertiary/aromatic N) is 5. The highest BCUT2D eigenvalue weighted by Crippen LogP contribution is 2.41. The lowest BCUT2D eigenvalue weighted by molar-refractivity contribution is -0.150. The van der Waals surface area contributed by atoms with Crippen molar-refractivity contribution < 1.29 is 24.3 Å². The van der Waals surface area contributed by atoms with E-state index < -0.39 is 29.2 Å². The first kappa shape index (κ1) is 23.3. The molecule has 0 aliphatic carbocycles. The number of rotatable bonds is 7. The Morgan fingerprint density at radius 3 is 2.88 bits per heavy atom. The summed E-state index contributed by atoms with van der Waals surface area (Å²) in [7, 11) is 1.28. The number of carboxylic acid groups (broad SMARTS) is 1. The molecule has 174 valence electrons. The van der Waals surface area contributed by atoms with E-state index in [0.717, 1.165) is 16.4 Å². The number of fused-ring (bicyclic) bond motifs is 1. The van der Waals surface area contributed by atoms with Gasteiger partial charge in [0.15, 0.2) is 10.8 Å². The Hall–Kier alpha value is -2.91. The first-order valence-corrected chi connectivity index (χ1v) is 12.5. The van der Waals surface area contributed by atoms with Crippen molar-refractivity contribution in [2.75, 3.05) is 24.3 Å². The Morgan fingerprint density at radius 1 is 1.48 bits per heavy atom. The van der Waals surface area contributed by atoms with Crippen molar-refractivity contribution in [1.29, 1.82) is 0 Å². The Balaban J connectivity index is 1.48. The average Bonchev–Trinajstić information content (AvgIpc) is 3.40. The van der Waals surface area contributed by atoms with Crippen LogP contribution in [0.25, 0.3) is 0 Å². The first-order valence-electron chi connectivity index (χ1n) is 9.59. The number of thioether (sulfide) groups is 2. The van der Waals surface area contributed by atoms with E-state index in [-0.39, 0.29) is 28.2 Å². The molecule has 4 heterocycles. The van der Waals surface area contributed by atoms with Crippen LogP contribution < -0.4 is 11.1 Å². The molecule has 4 rings (SSSR count). The van der Waals surface area contributed by atoms with E-state index in [1.807, 2.05) is 6.92 Å². The van der Waals surface area contributed by atoms with Crippen LogP contribution >= 0.6 is 34.9 Å². The number of β-lactam (4-membered cyclic amide) rings is 1. The van der Waals surface area contributed by atoms with Gasteiger partial charge in [0, 0.05) is 29.0 Å². The fourth-order valence-electron chi connectivity index (χ4n) is 3.36. The zero-order valence-corrected chi connectivity index (χ0v) is 19.9. The molecule has 4 N–H and O–H groups in total. The van der Waals surface area contributed by atoms with Crippen LogP contribution in [0.4, 0.5) is 5.13 Å². The van der Waals surface area contributed by atoms with E-state index in [2.05, 4.69) is 25.7 Å². The van der Waals surface area contributed by atoms with Crippen molar-refractivity contribution in [3.05, 3.63) is 22.3 Å². The van der Waals surface area contributed by atoms with Crippen LogP contribution in [-0.4, -0.2) is 79.8 Å². The number of carboxylic acids is 1. The molecule has 1 fully saturated rings. The number of nitrogens with one attached hydrogen (secondary N) is 1. The predicted molar refractivity (Wildman–Crippen MR) is 127 cm³/mol. The summed E-state index contributed by atoms with van der Waals surface area (Å²) in [4.78, 5) is 47.7. The maximum atomic E-state index is 12.9. The van der Waals surface area contributed by atoms with Gasteiger partial charge in [-0.05, 0) is 5.57 Å². The number of carbonyl (C=O) groups excluding carboxylic acids is 2. The molecular formula is C18H19N7O5S3. The van der Waals surface area contributed by atoms with Gasteiger partial charge in [-0.1, -0.05) is 12.1 Å². The number of hydrogen-bond donors (Lipinski definition) is 3. The maximum absolute atomic E-state index is 12.9. The fourth-order valence-corrected chi connectivity index (χ4v) is 6.38. The second-order valence-electron chi connectivity index (χ2n) is 7.09. The Morgan fingerprint density at radius 2 is 2.27 bits per heavy atom. The molecule has 12 nitrogen and oxygen atoms in total. The summed E-state index contributed by atoms with van der Waals surface area (Å²) in [6.07, 6.45) is 1.72. The van der Waals surface area contributed by atoms with E-state index in [4.69, 9.17) is 10.6 Å². The minimum atomic E-state index is -1.19. The largest absolute Gasteiger partial charge is 0.477 e. The molecule has 3 aliphatic rings. The average molecular weight is 510 g/mol. The third kappa shape index (κ3) is 4.47. The van der Waals surface area contributed by atoms with Crippen LogP contribution in [0.15, 0.2) is 32.0 Å². The number of aromatic nitrogens is 1. The molecule has 0 radical (unpaired) electrons. The van der Waals surface area contributed by atoms with E-state index >= 15 is 0 Å². The number of anilines is 1. The molecule has 15 heteroatoms. The van der Waals surface area contributed by atoms with Crippen molar-refractivity contribution >= 4 is 74.7 Å². The van der Waals surface area contributed by atoms with Gasteiger partial charge in [-0.2, -0.15) is 5.10 Å². The number of aliphatic carboxylic acids is 1. The number of nitrogens with two attached hydrogens (primary N) is 1. The number of nitrogen functional groups attached to an aromatic ring is 1. The van der Waals surface area contributed by atoms with Gasteiger partial charge < -0.3 is 21.0 Å². The third-order valence-corrected chi connectivity index (χ3v) is 8.18. The van der Waals surface area contributed by atoms with Gasteiger partial charge in [-0.25, -0.2) is 9.78 Å². The molecule has 1 saturated heterocycles. The quantitative estimate of drug-likeness (QED) is 0.270. The highest BCUT2D eigenvalue weighted by atomic mass is 32.2. The Labute approximate surface area is 200 Å². The van der Waals surface area contributed by atoms with Gasteiger partial charge in [0.2, 0.25) is 0 Å². The minimum Gasteiger partial charge on any atom is -0.477 e. The normalized spacial score (nSPS) is 24.4. The molecule has 1 aromatic rings. The number of hydrogen-bond acceptors (Lipinski definition) is 12. The summed E-state index contributed by atoms with van der Waals surface area (Å²) in [5.41, 5.74) is 6.29. The number of amides is 2. The van der Waals surface area contributed by atoms with Crippen molar-refractivity contribution in [3.8, 4) is 0 Å². The summed E-state index contributed by atoms with van der Waals surface area (Å²) in [5, 5.41) is 26.1. The number of oxime groups is 1. The second-order valence-corrected chi connectivity index (χ2v) is 10.1. The zero-order valence-electron chi connectivity index (χ0n) is 17.4. The van der Waals surface area contributed by atoms with Crippen LogP contribution in [0.3, 0.4) is 0 Å². The fraction of sp³-hybridized carbons (Fsp3) is 0.389. The molecule has 0 spiro atoms. The molecule has 0 bridgehead atoms. The van der Waals surface area contributed by atoms with Crippen molar-refractivity contribution in [3.63, 3.8) is 0 Å². The molecule has 1 unspecified atom stereocenters. The van der Waals surface area contributed by atoms with Crippen LogP contribution in [0.2, 0.25) is 0 Å². The molecule has 3 aliphatic heterocycles. The molecule has 2 amide bonds. The van der Waals surface area contributed by atoms with E-state index in [9.17, 15) is 19.5 Å². The lowest BCUT2D eigenvalue weighted by Crippen LogP contribution is -2.71. The standard InChI is InChI=1S/C18H19N7O5S3/c1-7-3-20-23-14(7)31-4-8-5-32-16-11(15(27)25(16)12(8)17(28)29)22-13(26)10(24-30-2)9-6-33-18(19)21-9/h3,6-7,11,16H,4-5H2,1-2H3,(H2,19,21)(H,22,26)(H,28,29)/b24-10-/t7?,11-,16+/m1/s1. The first-order chi connectivity index (χ1) is 15.8. The summed E-state index contributed by atoms with van der Waals surface area (Å²) in [6.45, 7) is 1.95. The monoisotopic (exact) mass is 509 g/mol. The topological polar surface area (TPSA) is 172 Å². The second kappa shape index (κ2) is 9.52. The number of thiazole rings is 1. The lowest BCUT2D eigenvalue weighted by atomic mass is 10.0. The molecule has 1 aromatic heterocycles. The third-order valence-electron chi connectivity index (χ3n) is 4.93. The molecule has 0 saturated carbocycles. The van der Waals surface area contributed by atoms with Crippen LogP contribution in [-0.2, 0) is 19.2 Å². The lowest BCUT2D eigenvalue weighted by Gasteiger charge is -2.49. The highest BCUT2D eigenvalue weighted by Gasteiger charge is 2.54. The molecule has 0 aromatic carbocycles. The summed E-state index contributed by atoms with van der Waals surface area (Å²) in [5.74, 6) is -1.51. The summed E-state index contributed by atoms with van der Waals surface area (Å²) >= 11 is 3.92. The molecule has 3 atom stereocenters. The smallest absolute Gasteiger partial charge is 0.352 e. The minimum absolute atomic E-state index is 0.0491. The van der Waals surface area contributed by atoms with E-state index in [1.165, 1.54) is 35.5 Å². The van der Waals surface area contributed by atoms with E-state index in [1.54, 1.807) is 11.6 Å². The summed E-state index contributed by atoms with van der Waals surface area (Å²) in [6, 6.07) is -0.906. The van der Waals surface area contributed by atoms with Crippen LogP contribution in [0.1, 0.15) is 12.6 Å². The van der Waals surface area contributed by atoms with Crippen LogP contribution in [0, 0.1) is 5.92 Å². The van der Waals surface area contributed by atoms with Crippen molar-refractivity contribution in [1.82, 2.24) is 15.2 Å². The SMILES string of the molecule is CO/N=C(\C(=O)N[C@@H]1C(=O)N2C(C(=O)O)=C(CSC3=NN=CC3C)CS[C@@H]12)c1csc(N)n1. The van der Waals surface area contributed by atoms with Crippen LogP contribution in [0.5, 0.6) is 0 Å². The maximum Gasteiger partial charge on any atom is 0.352 e. The van der Waals surface area contributed by atoms with Gasteiger partial charge in [0.25, 0.3) is 11.8 Å². The van der Waals surface area contributed by atoms with Gasteiger partial charge in [0.05, 0.1) is 0 Å². The number of carbonyl (C=O) groups is 3.